The molecule has 0 nitrogen and oxygen atoms in total. The van der Waals surface area contributed by atoms with E-state index in [0.29, 0.717) is 0 Å². The Kier molecular flexibility index (Phi) is 13.6. The number of aryl methyl sites for hydroxylation is 6. The Morgan fingerprint density at radius 1 is 0.429 bits per heavy atom. The molecule has 3 aromatic carbocycles. The molecule has 0 fully saturated rings. The Bertz CT molecular complexity index is 771. The number of benzene rings is 3. The molecule has 0 spiro atoms. The second-order valence-electron chi connectivity index (χ2n) is 7.08. The molecule has 0 radical (unpaired) electrons. The standard InChI is InChI=1S/3C8H11P.Pd/c3*1-6-3-4-8(9)7(2)5-6;/h3*3-5H,9H2,1-2H3;. The quantitative estimate of drug-likeness (QED) is 0.275. The van der Waals surface area contributed by atoms with Crippen molar-refractivity contribution in [2.45, 2.75) is 41.5 Å². The van der Waals surface area contributed by atoms with Crippen LogP contribution < -0.4 is 15.9 Å². The third-order valence-corrected chi connectivity index (χ3v) is 6.22. The van der Waals surface area contributed by atoms with Gasteiger partial charge in [0.25, 0.3) is 0 Å². The van der Waals surface area contributed by atoms with Gasteiger partial charge in [0.05, 0.1) is 0 Å². The summed E-state index contributed by atoms with van der Waals surface area (Å²) in [5.41, 5.74) is 8.04. The van der Waals surface area contributed by atoms with Gasteiger partial charge >= 0.3 is 0 Å². The van der Waals surface area contributed by atoms with E-state index in [1.807, 2.05) is 0 Å². The van der Waals surface area contributed by atoms with Gasteiger partial charge in [-0.3, -0.25) is 0 Å². The Hall–Kier alpha value is -0.388. The van der Waals surface area contributed by atoms with Crippen LogP contribution in [0.15, 0.2) is 54.6 Å². The summed E-state index contributed by atoms with van der Waals surface area (Å²) in [6.07, 6.45) is 0. The number of hydrogen-bond acceptors (Lipinski definition) is 0. The molecule has 3 atom stereocenters. The van der Waals surface area contributed by atoms with Crippen LogP contribution in [0.3, 0.4) is 0 Å². The van der Waals surface area contributed by atoms with E-state index in [4.69, 9.17) is 0 Å². The van der Waals surface area contributed by atoms with Crippen molar-refractivity contribution in [3.05, 3.63) is 88.0 Å². The molecule has 0 saturated carbocycles. The minimum absolute atomic E-state index is 0. The fourth-order valence-corrected chi connectivity index (χ4v) is 3.02. The topological polar surface area (TPSA) is 0 Å². The second-order valence-corrected chi connectivity index (χ2v) is 8.95. The van der Waals surface area contributed by atoms with Gasteiger partial charge in [-0.05, 0) is 74.1 Å². The van der Waals surface area contributed by atoms with Gasteiger partial charge in [-0.1, -0.05) is 71.3 Å². The van der Waals surface area contributed by atoms with Gasteiger partial charge in [0.1, 0.15) is 0 Å². The van der Waals surface area contributed by atoms with E-state index in [1.165, 1.54) is 49.3 Å². The number of rotatable bonds is 0. The second kappa shape index (κ2) is 13.8. The van der Waals surface area contributed by atoms with Gasteiger partial charge in [-0.15, -0.1) is 27.7 Å². The SMILES string of the molecule is Cc1ccc(P)c(C)c1.Cc1ccc(P)c(C)c1.Cc1ccc(P)c(C)c1.[Pd]. The van der Waals surface area contributed by atoms with Gasteiger partial charge < -0.3 is 0 Å². The zero-order chi connectivity index (χ0) is 20.6. The first kappa shape index (κ1) is 27.6. The van der Waals surface area contributed by atoms with Crippen molar-refractivity contribution in [2.24, 2.45) is 0 Å². The molecule has 0 aliphatic heterocycles. The molecule has 3 rings (SSSR count). The minimum atomic E-state index is 0. The van der Waals surface area contributed by atoms with Crippen molar-refractivity contribution in [1.29, 1.82) is 0 Å². The molecule has 4 heteroatoms. The van der Waals surface area contributed by atoms with E-state index in [2.05, 4.69) is 124 Å². The largest absolute Gasteiger partial charge is 0.105 e. The third-order valence-electron chi connectivity index (χ3n) is 4.28. The molecule has 0 amide bonds. The predicted octanol–water partition coefficient (Wildman–Crippen LogP) is 5.41. The van der Waals surface area contributed by atoms with Crippen molar-refractivity contribution < 1.29 is 20.4 Å². The Morgan fingerprint density at radius 2 is 0.643 bits per heavy atom. The average Bonchev–Trinajstić information content (AvgIpc) is 2.60. The van der Waals surface area contributed by atoms with Crippen molar-refractivity contribution in [3.8, 4) is 0 Å². The Labute approximate surface area is 193 Å². The maximum atomic E-state index is 2.71. The fraction of sp³-hybridized carbons (Fsp3) is 0.250. The molecule has 0 N–H and O–H groups in total. The van der Waals surface area contributed by atoms with E-state index < -0.39 is 0 Å². The van der Waals surface area contributed by atoms with Gasteiger partial charge in [-0.2, -0.15) is 0 Å². The molecule has 154 valence electrons. The molecule has 28 heavy (non-hydrogen) atoms. The fourth-order valence-electron chi connectivity index (χ4n) is 2.48. The summed E-state index contributed by atoms with van der Waals surface area (Å²) in [5.74, 6) is 0. The summed E-state index contributed by atoms with van der Waals surface area (Å²) in [7, 11) is 8.13. The van der Waals surface area contributed by atoms with E-state index in [0.717, 1.165) is 0 Å². The summed E-state index contributed by atoms with van der Waals surface area (Å²) in [5, 5.41) is 3.88. The first-order valence-electron chi connectivity index (χ1n) is 9.08. The summed E-state index contributed by atoms with van der Waals surface area (Å²) in [4.78, 5) is 0. The van der Waals surface area contributed by atoms with Crippen LogP contribution in [0.5, 0.6) is 0 Å². The molecular weight excluding hydrogens is 488 g/mol. The van der Waals surface area contributed by atoms with E-state index in [-0.39, 0.29) is 20.4 Å². The van der Waals surface area contributed by atoms with Crippen LogP contribution in [-0.2, 0) is 20.4 Å². The monoisotopic (exact) mass is 520 g/mol. The van der Waals surface area contributed by atoms with Gasteiger partial charge in [0.2, 0.25) is 0 Å². The maximum absolute atomic E-state index is 2.71. The summed E-state index contributed by atoms with van der Waals surface area (Å²) >= 11 is 0. The van der Waals surface area contributed by atoms with E-state index >= 15 is 0 Å². The van der Waals surface area contributed by atoms with Gasteiger partial charge in [0, 0.05) is 20.4 Å². The van der Waals surface area contributed by atoms with Crippen molar-refractivity contribution in [3.63, 3.8) is 0 Å². The number of hydrogen-bond donors (Lipinski definition) is 0. The molecule has 0 saturated heterocycles. The summed E-state index contributed by atoms with van der Waals surface area (Å²) in [6.45, 7) is 12.7. The Morgan fingerprint density at radius 3 is 0.786 bits per heavy atom. The molecule has 0 bridgehead atoms. The van der Waals surface area contributed by atoms with Crippen LogP contribution in [-0.4, -0.2) is 0 Å². The molecule has 0 aromatic heterocycles. The Balaban J connectivity index is 0.000000384. The van der Waals surface area contributed by atoms with E-state index in [1.54, 1.807) is 0 Å². The minimum Gasteiger partial charge on any atom is -0.105 e. The van der Waals surface area contributed by atoms with Crippen LogP contribution in [0, 0.1) is 41.5 Å². The first-order chi connectivity index (χ1) is 12.6. The zero-order valence-corrected chi connectivity index (χ0v) is 22.8. The molecule has 3 unspecified atom stereocenters. The molecule has 0 aliphatic carbocycles. The van der Waals surface area contributed by atoms with Crippen molar-refractivity contribution >= 4 is 43.6 Å². The van der Waals surface area contributed by atoms with Gasteiger partial charge in [0.15, 0.2) is 0 Å². The van der Waals surface area contributed by atoms with E-state index in [9.17, 15) is 0 Å². The molecule has 0 heterocycles. The van der Waals surface area contributed by atoms with Crippen molar-refractivity contribution in [2.75, 3.05) is 0 Å². The van der Waals surface area contributed by atoms with Crippen LogP contribution >= 0.6 is 27.7 Å². The van der Waals surface area contributed by atoms with Crippen LogP contribution in [0.1, 0.15) is 33.4 Å². The summed E-state index contributed by atoms with van der Waals surface area (Å²) < 4.78 is 0. The maximum Gasteiger partial charge on any atom is 0 e. The molecule has 0 aliphatic rings. The van der Waals surface area contributed by atoms with Crippen LogP contribution in [0.4, 0.5) is 0 Å². The average molecular weight is 521 g/mol. The molecular formula is C24H33P3Pd. The third kappa shape index (κ3) is 10.4. The van der Waals surface area contributed by atoms with Crippen molar-refractivity contribution in [1.82, 2.24) is 0 Å². The zero-order valence-electron chi connectivity index (χ0n) is 17.7. The first-order valence-corrected chi connectivity index (χ1v) is 10.8. The van der Waals surface area contributed by atoms with Gasteiger partial charge in [-0.25, -0.2) is 0 Å². The normalized spacial score (nSPS) is 9.32. The summed E-state index contributed by atoms with van der Waals surface area (Å²) in [6, 6.07) is 19.3. The molecule has 3 aromatic rings. The smallest absolute Gasteiger partial charge is 0 e. The van der Waals surface area contributed by atoms with Crippen LogP contribution in [0.2, 0.25) is 0 Å². The predicted molar refractivity (Wildman–Crippen MR) is 136 cm³/mol. The van der Waals surface area contributed by atoms with Crippen LogP contribution in [0.25, 0.3) is 0 Å².